The molecule has 0 aliphatic carbocycles. The fourth-order valence-electron chi connectivity index (χ4n) is 2.64. The lowest BCUT2D eigenvalue weighted by molar-refractivity contribution is -0.0758. The highest BCUT2D eigenvalue weighted by Gasteiger charge is 2.19. The van der Waals surface area contributed by atoms with Crippen molar-refractivity contribution in [1.82, 2.24) is 14.6 Å². The fourth-order valence-corrected chi connectivity index (χ4v) is 2.64. The van der Waals surface area contributed by atoms with Gasteiger partial charge in [0.1, 0.15) is 11.4 Å². The fraction of sp³-hybridized carbons (Fsp3) is 0.167. The van der Waals surface area contributed by atoms with Gasteiger partial charge in [-0.05, 0) is 24.3 Å². The second-order valence-electron chi connectivity index (χ2n) is 5.56. The van der Waals surface area contributed by atoms with Crippen LogP contribution in [0, 0.1) is 0 Å². The number of nitrogen functional groups attached to an aromatic ring is 1. The number of nitrogens with zero attached hydrogens (tertiary/aromatic N) is 3. The van der Waals surface area contributed by atoms with E-state index < -0.39 is 5.91 Å². The van der Waals surface area contributed by atoms with E-state index in [1.807, 2.05) is 28.8 Å². The third-order valence-electron chi connectivity index (χ3n) is 3.94. The van der Waals surface area contributed by atoms with Crippen LogP contribution in [-0.2, 0) is 11.4 Å². The lowest BCUT2D eigenvalue weighted by atomic mass is 10.1. The largest absolute Gasteiger partial charge is 0.384 e. The summed E-state index contributed by atoms with van der Waals surface area (Å²) in [4.78, 5) is 34.3. The highest BCUT2D eigenvalue weighted by molar-refractivity contribution is 5.96. The normalized spacial score (nSPS) is 10.8. The number of hydrogen-bond acceptors (Lipinski definition) is 5. The molecule has 0 aliphatic rings. The van der Waals surface area contributed by atoms with Crippen molar-refractivity contribution in [3.63, 3.8) is 0 Å². The van der Waals surface area contributed by atoms with Gasteiger partial charge in [-0.25, -0.2) is 10.0 Å². The average molecular weight is 338 g/mol. The van der Waals surface area contributed by atoms with E-state index in [0.29, 0.717) is 23.3 Å². The molecule has 1 aromatic carbocycles. The summed E-state index contributed by atoms with van der Waals surface area (Å²) in [5.41, 5.74) is 6.88. The first-order valence-corrected chi connectivity index (χ1v) is 7.67. The average Bonchev–Trinajstić information content (AvgIpc) is 2.63. The van der Waals surface area contributed by atoms with Crippen molar-refractivity contribution in [2.75, 3.05) is 19.9 Å². The van der Waals surface area contributed by atoms with E-state index in [2.05, 4.69) is 4.98 Å². The Bertz CT molecular complexity index is 997. The van der Waals surface area contributed by atoms with Crippen LogP contribution in [0.2, 0.25) is 0 Å². The highest BCUT2D eigenvalue weighted by Crippen LogP contribution is 2.15. The first kappa shape index (κ1) is 16.7. The van der Waals surface area contributed by atoms with Crippen LogP contribution in [-0.4, -0.2) is 34.7 Å². The van der Waals surface area contributed by atoms with Crippen molar-refractivity contribution < 1.29 is 9.63 Å². The van der Waals surface area contributed by atoms with Crippen molar-refractivity contribution in [2.24, 2.45) is 0 Å². The summed E-state index contributed by atoms with van der Waals surface area (Å²) in [5.74, 6) is -0.0918. The number of fused-ring (bicyclic) bond motifs is 1. The Morgan fingerprint density at radius 2 is 2.00 bits per heavy atom. The van der Waals surface area contributed by atoms with Gasteiger partial charge in [0, 0.05) is 18.6 Å². The third-order valence-corrected chi connectivity index (χ3v) is 3.94. The molecule has 0 radical (unpaired) electrons. The number of para-hydroxylation sites is 1. The molecule has 3 rings (SSSR count). The van der Waals surface area contributed by atoms with E-state index >= 15 is 0 Å². The number of pyridine rings is 2. The Morgan fingerprint density at radius 3 is 2.72 bits per heavy atom. The Labute approximate surface area is 144 Å². The zero-order valence-corrected chi connectivity index (χ0v) is 14.0. The molecule has 2 N–H and O–H groups in total. The van der Waals surface area contributed by atoms with Crippen molar-refractivity contribution in [3.8, 4) is 0 Å². The zero-order chi connectivity index (χ0) is 18.0. The smallest absolute Gasteiger partial charge is 0.282 e. The van der Waals surface area contributed by atoms with E-state index in [-0.39, 0.29) is 11.0 Å². The van der Waals surface area contributed by atoms with Crippen molar-refractivity contribution in [3.05, 3.63) is 70.1 Å². The predicted molar refractivity (Wildman–Crippen MR) is 95.1 cm³/mol. The standard InChI is InChI=1S/C18H18N4O3/c1-21(25-2)18(24)14-11-22(10-12-6-5-9-16(19)20-12)15-8-4-3-7-13(15)17(14)23/h3-9,11H,10H2,1-2H3,(H2,19,20). The molecule has 0 aliphatic heterocycles. The van der Waals surface area contributed by atoms with Gasteiger partial charge in [-0.2, -0.15) is 0 Å². The van der Waals surface area contributed by atoms with Gasteiger partial charge in [0.25, 0.3) is 5.91 Å². The van der Waals surface area contributed by atoms with Gasteiger partial charge in [-0.1, -0.05) is 18.2 Å². The number of carbonyl (C=O) groups is 1. The zero-order valence-electron chi connectivity index (χ0n) is 14.0. The van der Waals surface area contributed by atoms with E-state index in [1.54, 1.807) is 18.2 Å². The second kappa shape index (κ2) is 6.74. The topological polar surface area (TPSA) is 90.4 Å². The lowest BCUT2D eigenvalue weighted by Crippen LogP contribution is -2.31. The molecular formula is C18H18N4O3. The predicted octanol–water partition coefficient (Wildman–Crippen LogP) is 1.66. The van der Waals surface area contributed by atoms with E-state index in [9.17, 15) is 9.59 Å². The number of rotatable bonds is 4. The van der Waals surface area contributed by atoms with Gasteiger partial charge in [-0.3, -0.25) is 14.4 Å². The van der Waals surface area contributed by atoms with Crippen LogP contribution in [0.4, 0.5) is 5.82 Å². The summed E-state index contributed by atoms with van der Waals surface area (Å²) in [5, 5.41) is 1.48. The van der Waals surface area contributed by atoms with Gasteiger partial charge >= 0.3 is 0 Å². The molecule has 0 fully saturated rings. The summed E-state index contributed by atoms with van der Waals surface area (Å²) in [7, 11) is 2.83. The second-order valence-corrected chi connectivity index (χ2v) is 5.56. The Kier molecular flexibility index (Phi) is 4.49. The molecule has 0 bridgehead atoms. The van der Waals surface area contributed by atoms with Gasteiger partial charge in [0.15, 0.2) is 0 Å². The molecule has 3 aromatic rings. The number of hydroxylamine groups is 2. The van der Waals surface area contributed by atoms with E-state index in [4.69, 9.17) is 10.6 Å². The molecule has 2 heterocycles. The molecule has 128 valence electrons. The van der Waals surface area contributed by atoms with Gasteiger partial charge in [0.05, 0.1) is 24.9 Å². The van der Waals surface area contributed by atoms with Crippen LogP contribution in [0.1, 0.15) is 16.1 Å². The van der Waals surface area contributed by atoms with E-state index in [0.717, 1.165) is 10.8 Å². The van der Waals surface area contributed by atoms with Crippen LogP contribution in [0.3, 0.4) is 0 Å². The van der Waals surface area contributed by atoms with Crippen LogP contribution in [0.25, 0.3) is 10.9 Å². The summed E-state index contributed by atoms with van der Waals surface area (Å²) in [6, 6.07) is 12.5. The molecule has 2 aromatic heterocycles. The number of nitrogens with two attached hydrogens (primary N) is 1. The molecule has 0 atom stereocenters. The van der Waals surface area contributed by atoms with Crippen LogP contribution < -0.4 is 11.2 Å². The van der Waals surface area contributed by atoms with Crippen molar-refractivity contribution >= 4 is 22.6 Å². The lowest BCUT2D eigenvalue weighted by Gasteiger charge is -2.16. The molecule has 1 amide bonds. The summed E-state index contributed by atoms with van der Waals surface area (Å²) in [6.07, 6.45) is 1.54. The van der Waals surface area contributed by atoms with Gasteiger partial charge < -0.3 is 10.3 Å². The van der Waals surface area contributed by atoms with E-state index in [1.165, 1.54) is 20.4 Å². The molecular weight excluding hydrogens is 320 g/mol. The van der Waals surface area contributed by atoms with Crippen LogP contribution in [0.15, 0.2) is 53.5 Å². The maximum Gasteiger partial charge on any atom is 0.282 e. The molecule has 0 unspecified atom stereocenters. The molecule has 7 nitrogen and oxygen atoms in total. The molecule has 0 spiro atoms. The monoisotopic (exact) mass is 338 g/mol. The first-order valence-electron chi connectivity index (χ1n) is 7.67. The highest BCUT2D eigenvalue weighted by atomic mass is 16.7. The first-order chi connectivity index (χ1) is 12.0. The Balaban J connectivity index is 2.18. The van der Waals surface area contributed by atoms with Crippen LogP contribution in [0.5, 0.6) is 0 Å². The maximum atomic E-state index is 12.7. The number of aromatic nitrogens is 2. The Morgan fingerprint density at radius 1 is 1.24 bits per heavy atom. The summed E-state index contributed by atoms with van der Waals surface area (Å²) < 4.78 is 1.81. The number of benzene rings is 1. The van der Waals surface area contributed by atoms with Gasteiger partial charge in [0.2, 0.25) is 5.43 Å². The van der Waals surface area contributed by atoms with Crippen molar-refractivity contribution in [1.29, 1.82) is 0 Å². The molecule has 0 saturated heterocycles. The minimum absolute atomic E-state index is 0.0342. The molecule has 0 saturated carbocycles. The molecule has 25 heavy (non-hydrogen) atoms. The third kappa shape index (κ3) is 3.22. The Hall–Kier alpha value is -3.19. The summed E-state index contributed by atoms with van der Waals surface area (Å²) >= 11 is 0. The van der Waals surface area contributed by atoms with Crippen molar-refractivity contribution in [2.45, 2.75) is 6.54 Å². The number of amides is 1. The minimum atomic E-state index is -0.507. The number of hydrogen-bond donors (Lipinski definition) is 1. The number of anilines is 1. The quantitative estimate of drug-likeness (QED) is 0.731. The minimum Gasteiger partial charge on any atom is -0.384 e. The molecule has 7 heteroatoms. The van der Waals surface area contributed by atoms with Crippen LogP contribution >= 0.6 is 0 Å². The maximum absolute atomic E-state index is 12.7. The SMILES string of the molecule is CON(C)C(=O)c1cn(Cc2cccc(N)n2)c2ccccc2c1=O. The number of carbonyl (C=O) groups excluding carboxylic acids is 1. The van der Waals surface area contributed by atoms with Gasteiger partial charge in [-0.15, -0.1) is 0 Å². The summed E-state index contributed by atoms with van der Waals surface area (Å²) in [6.45, 7) is 0.378.